The van der Waals surface area contributed by atoms with E-state index in [1.54, 1.807) is 0 Å². The van der Waals surface area contributed by atoms with Gasteiger partial charge in [-0.05, 0) is 30.5 Å². The van der Waals surface area contributed by atoms with Crippen LogP contribution in [0.25, 0.3) is 0 Å². The summed E-state index contributed by atoms with van der Waals surface area (Å²) in [6.45, 7) is 4.09. The second kappa shape index (κ2) is 4.61. The Morgan fingerprint density at radius 2 is 2.23 bits per heavy atom. The Balaban J connectivity index is 2.95. The van der Waals surface area contributed by atoms with Crippen molar-refractivity contribution < 1.29 is 0 Å². The fourth-order valence-electron chi connectivity index (χ4n) is 1.33. The second-order valence-corrected chi connectivity index (χ2v) is 3.54. The van der Waals surface area contributed by atoms with Gasteiger partial charge in [-0.25, -0.2) is 0 Å². The zero-order valence-corrected chi connectivity index (χ0v) is 8.73. The van der Waals surface area contributed by atoms with Crippen molar-refractivity contribution in [2.75, 3.05) is 0 Å². The van der Waals surface area contributed by atoms with Crippen molar-refractivity contribution in [1.29, 1.82) is 0 Å². The lowest BCUT2D eigenvalue weighted by Gasteiger charge is -2.14. The topological polar surface area (TPSA) is 38.0 Å². The number of hydrazine groups is 1. The lowest BCUT2D eigenvalue weighted by Crippen LogP contribution is -2.27. The van der Waals surface area contributed by atoms with Crippen LogP contribution in [-0.4, -0.2) is 0 Å². The monoisotopic (exact) mass is 198 g/mol. The lowest BCUT2D eigenvalue weighted by molar-refractivity contribution is 0.539. The van der Waals surface area contributed by atoms with Crippen LogP contribution in [0.15, 0.2) is 18.2 Å². The summed E-state index contributed by atoms with van der Waals surface area (Å²) in [5.41, 5.74) is 5.05. The zero-order chi connectivity index (χ0) is 9.84. The van der Waals surface area contributed by atoms with E-state index in [0.29, 0.717) is 0 Å². The fraction of sp³-hybridized carbons (Fsp3) is 0.400. The summed E-state index contributed by atoms with van der Waals surface area (Å²) in [5.74, 6) is 5.42. The third-order valence-corrected chi connectivity index (χ3v) is 2.62. The van der Waals surface area contributed by atoms with Gasteiger partial charge < -0.3 is 0 Å². The molecule has 72 valence electrons. The van der Waals surface area contributed by atoms with Crippen LogP contribution in [-0.2, 0) is 0 Å². The average Bonchev–Trinajstić information content (AvgIpc) is 2.13. The molecule has 0 aliphatic rings. The predicted molar refractivity (Wildman–Crippen MR) is 56.5 cm³/mol. The van der Waals surface area contributed by atoms with Crippen molar-refractivity contribution in [2.45, 2.75) is 26.3 Å². The molecule has 1 rings (SSSR count). The number of hydrogen-bond donors (Lipinski definition) is 2. The molecule has 1 unspecified atom stereocenters. The summed E-state index contributed by atoms with van der Waals surface area (Å²) in [4.78, 5) is 0. The largest absolute Gasteiger partial charge is 0.271 e. The Hall–Kier alpha value is -0.570. The molecule has 13 heavy (non-hydrogen) atoms. The van der Waals surface area contributed by atoms with Crippen molar-refractivity contribution >= 4 is 11.6 Å². The van der Waals surface area contributed by atoms with E-state index < -0.39 is 0 Å². The zero-order valence-electron chi connectivity index (χ0n) is 7.97. The molecule has 0 aliphatic heterocycles. The highest BCUT2D eigenvalue weighted by Crippen LogP contribution is 2.21. The highest BCUT2D eigenvalue weighted by atomic mass is 35.5. The third-order valence-electron chi connectivity index (χ3n) is 2.19. The molecule has 1 aromatic carbocycles. The van der Waals surface area contributed by atoms with Crippen molar-refractivity contribution in [3.8, 4) is 0 Å². The maximum atomic E-state index is 5.92. The van der Waals surface area contributed by atoms with Gasteiger partial charge in [0.15, 0.2) is 0 Å². The minimum atomic E-state index is 0.218. The van der Waals surface area contributed by atoms with Gasteiger partial charge in [-0.3, -0.25) is 11.3 Å². The van der Waals surface area contributed by atoms with Gasteiger partial charge in [0.1, 0.15) is 0 Å². The maximum absolute atomic E-state index is 5.92. The van der Waals surface area contributed by atoms with Crippen molar-refractivity contribution in [3.63, 3.8) is 0 Å². The van der Waals surface area contributed by atoms with Crippen molar-refractivity contribution in [1.82, 2.24) is 5.43 Å². The molecular weight excluding hydrogens is 184 g/mol. The predicted octanol–water partition coefficient (Wildman–Crippen LogP) is 2.56. The molecule has 0 aliphatic carbocycles. The van der Waals surface area contributed by atoms with Gasteiger partial charge >= 0.3 is 0 Å². The van der Waals surface area contributed by atoms with Gasteiger partial charge in [0, 0.05) is 11.1 Å². The lowest BCUT2D eigenvalue weighted by atomic mass is 10.0. The second-order valence-electron chi connectivity index (χ2n) is 3.14. The highest BCUT2D eigenvalue weighted by Gasteiger charge is 2.07. The average molecular weight is 199 g/mol. The first-order chi connectivity index (χ1) is 6.19. The molecule has 0 saturated heterocycles. The van der Waals surface area contributed by atoms with E-state index >= 15 is 0 Å². The normalized spacial score (nSPS) is 12.9. The van der Waals surface area contributed by atoms with E-state index in [2.05, 4.69) is 18.4 Å². The molecule has 1 aromatic rings. The number of halogens is 1. The van der Waals surface area contributed by atoms with Crippen LogP contribution in [0.2, 0.25) is 5.02 Å². The molecule has 2 nitrogen and oxygen atoms in total. The van der Waals surface area contributed by atoms with Gasteiger partial charge in [0.25, 0.3) is 0 Å². The minimum Gasteiger partial charge on any atom is -0.271 e. The molecule has 1 atom stereocenters. The molecule has 0 amide bonds. The summed E-state index contributed by atoms with van der Waals surface area (Å²) in [6.07, 6.45) is 0.970. The highest BCUT2D eigenvalue weighted by molar-refractivity contribution is 6.31. The summed E-state index contributed by atoms with van der Waals surface area (Å²) < 4.78 is 0. The van der Waals surface area contributed by atoms with Gasteiger partial charge in [0.2, 0.25) is 0 Å². The Bertz CT molecular complexity index is 282. The Labute approximate surface area is 84.1 Å². The van der Waals surface area contributed by atoms with Crippen LogP contribution in [0.4, 0.5) is 0 Å². The van der Waals surface area contributed by atoms with Crippen LogP contribution in [0.5, 0.6) is 0 Å². The van der Waals surface area contributed by atoms with Gasteiger partial charge in [-0.15, -0.1) is 0 Å². The maximum Gasteiger partial charge on any atom is 0.0457 e. The third kappa shape index (κ3) is 2.44. The first-order valence-electron chi connectivity index (χ1n) is 4.41. The smallest absolute Gasteiger partial charge is 0.0457 e. The SMILES string of the molecule is CCC(NN)c1ccc(Cl)c(C)c1. The van der Waals surface area contributed by atoms with E-state index in [-0.39, 0.29) is 6.04 Å². The van der Waals surface area contributed by atoms with Gasteiger partial charge in [-0.1, -0.05) is 30.7 Å². The van der Waals surface area contributed by atoms with Crippen LogP contribution < -0.4 is 11.3 Å². The minimum absolute atomic E-state index is 0.218. The van der Waals surface area contributed by atoms with E-state index in [1.807, 2.05) is 19.1 Å². The molecule has 0 bridgehead atoms. The molecular formula is C10H15ClN2. The number of nitrogens with one attached hydrogen (secondary N) is 1. The number of rotatable bonds is 3. The molecule has 0 spiro atoms. The summed E-state index contributed by atoms with van der Waals surface area (Å²) in [5, 5.41) is 0.802. The summed E-state index contributed by atoms with van der Waals surface area (Å²) >= 11 is 5.92. The summed E-state index contributed by atoms with van der Waals surface area (Å²) in [6, 6.07) is 6.20. The quantitative estimate of drug-likeness (QED) is 0.579. The van der Waals surface area contributed by atoms with E-state index in [4.69, 9.17) is 17.4 Å². The fourth-order valence-corrected chi connectivity index (χ4v) is 1.45. The number of hydrogen-bond acceptors (Lipinski definition) is 2. The van der Waals surface area contributed by atoms with E-state index in [1.165, 1.54) is 5.56 Å². The molecule has 0 radical (unpaired) electrons. The van der Waals surface area contributed by atoms with Gasteiger partial charge in [-0.2, -0.15) is 0 Å². The van der Waals surface area contributed by atoms with Crippen molar-refractivity contribution in [3.05, 3.63) is 34.3 Å². The number of aryl methyl sites for hydroxylation is 1. The van der Waals surface area contributed by atoms with Gasteiger partial charge in [0.05, 0.1) is 0 Å². The van der Waals surface area contributed by atoms with Crippen LogP contribution in [0, 0.1) is 6.92 Å². The summed E-state index contributed by atoms with van der Waals surface area (Å²) in [7, 11) is 0. The van der Waals surface area contributed by atoms with Crippen LogP contribution >= 0.6 is 11.6 Å². The Kier molecular flexibility index (Phi) is 3.72. The molecule has 0 aromatic heterocycles. The Morgan fingerprint density at radius 3 is 2.69 bits per heavy atom. The number of nitrogens with two attached hydrogens (primary N) is 1. The van der Waals surface area contributed by atoms with Crippen LogP contribution in [0.1, 0.15) is 30.5 Å². The number of benzene rings is 1. The molecule has 3 heteroatoms. The standard InChI is InChI=1S/C10H15ClN2/c1-3-10(13-12)8-4-5-9(11)7(2)6-8/h4-6,10,13H,3,12H2,1-2H3. The van der Waals surface area contributed by atoms with Crippen molar-refractivity contribution in [2.24, 2.45) is 5.84 Å². The molecule has 0 saturated carbocycles. The van der Waals surface area contributed by atoms with E-state index in [0.717, 1.165) is 17.0 Å². The first kappa shape index (κ1) is 10.5. The molecule has 0 heterocycles. The van der Waals surface area contributed by atoms with E-state index in [9.17, 15) is 0 Å². The molecule has 3 N–H and O–H groups in total. The Morgan fingerprint density at radius 1 is 1.54 bits per heavy atom. The first-order valence-corrected chi connectivity index (χ1v) is 4.79. The van der Waals surface area contributed by atoms with Crippen LogP contribution in [0.3, 0.4) is 0 Å². The molecule has 0 fully saturated rings.